The van der Waals surface area contributed by atoms with Crippen molar-refractivity contribution in [1.82, 2.24) is 9.71 Å². The Balaban J connectivity index is 2.77. The average molecular weight is 194 g/mol. The van der Waals surface area contributed by atoms with Crippen LogP contribution in [-0.4, -0.2) is 10.9 Å². The van der Waals surface area contributed by atoms with Crippen LogP contribution in [0.5, 0.6) is 0 Å². The lowest BCUT2D eigenvalue weighted by Gasteiger charge is -1.99. The predicted octanol–water partition coefficient (Wildman–Crippen LogP) is 1.23. The molecule has 13 heavy (non-hydrogen) atoms. The molecular formula is C9H10N2OS. The quantitative estimate of drug-likeness (QED) is 0.711. The van der Waals surface area contributed by atoms with E-state index in [0.29, 0.717) is 5.69 Å². The fourth-order valence-electron chi connectivity index (χ4n) is 0.914. The standard InChI is InChI=1S/C9H10N2OS/c1-2-7-4-3-5-8(10-7)6-9(12)11-13/h2-5,13H,1,6H2,(H,11,12). The summed E-state index contributed by atoms with van der Waals surface area (Å²) < 4.78 is 2.24. The Morgan fingerprint density at radius 2 is 2.46 bits per heavy atom. The molecule has 0 radical (unpaired) electrons. The third-order valence-electron chi connectivity index (χ3n) is 1.50. The smallest absolute Gasteiger partial charge is 0.235 e. The summed E-state index contributed by atoms with van der Waals surface area (Å²) >= 11 is 3.65. The van der Waals surface area contributed by atoms with Crippen LogP contribution in [0.25, 0.3) is 6.08 Å². The first kappa shape index (κ1) is 9.80. The van der Waals surface area contributed by atoms with Crippen LogP contribution in [0.2, 0.25) is 0 Å². The van der Waals surface area contributed by atoms with E-state index >= 15 is 0 Å². The lowest BCUT2D eigenvalue weighted by atomic mass is 10.2. The summed E-state index contributed by atoms with van der Waals surface area (Å²) in [5, 5.41) is 0. The molecule has 1 aromatic rings. The van der Waals surface area contributed by atoms with Crippen molar-refractivity contribution in [2.45, 2.75) is 6.42 Å². The molecule has 1 N–H and O–H groups in total. The van der Waals surface area contributed by atoms with E-state index in [1.807, 2.05) is 12.1 Å². The van der Waals surface area contributed by atoms with Gasteiger partial charge in [0.05, 0.1) is 17.8 Å². The molecule has 0 aromatic carbocycles. The summed E-state index contributed by atoms with van der Waals surface area (Å²) in [5.41, 5.74) is 1.48. The van der Waals surface area contributed by atoms with Crippen molar-refractivity contribution < 1.29 is 4.79 Å². The van der Waals surface area contributed by atoms with Gasteiger partial charge < -0.3 is 4.72 Å². The molecule has 1 rings (SSSR count). The molecule has 0 saturated heterocycles. The van der Waals surface area contributed by atoms with Gasteiger partial charge in [0, 0.05) is 0 Å². The van der Waals surface area contributed by atoms with Gasteiger partial charge in [0.2, 0.25) is 5.91 Å². The van der Waals surface area contributed by atoms with Gasteiger partial charge in [0.1, 0.15) is 0 Å². The Morgan fingerprint density at radius 1 is 1.69 bits per heavy atom. The number of hydrogen-bond acceptors (Lipinski definition) is 3. The molecule has 1 amide bonds. The van der Waals surface area contributed by atoms with Crippen LogP contribution in [0.3, 0.4) is 0 Å². The maximum Gasteiger partial charge on any atom is 0.235 e. The molecule has 0 fully saturated rings. The summed E-state index contributed by atoms with van der Waals surface area (Å²) in [4.78, 5) is 15.1. The molecule has 1 heterocycles. The second-order valence-corrected chi connectivity index (χ2v) is 2.69. The Morgan fingerprint density at radius 3 is 3.08 bits per heavy atom. The molecule has 1 aromatic heterocycles. The number of rotatable bonds is 3. The van der Waals surface area contributed by atoms with Gasteiger partial charge in [0.25, 0.3) is 0 Å². The third-order valence-corrected chi connectivity index (χ3v) is 1.75. The van der Waals surface area contributed by atoms with E-state index in [4.69, 9.17) is 0 Å². The lowest BCUT2D eigenvalue weighted by molar-refractivity contribution is -0.118. The first-order valence-corrected chi connectivity index (χ1v) is 4.22. The average Bonchev–Trinajstić information content (AvgIpc) is 2.18. The number of nitrogens with one attached hydrogen (secondary N) is 1. The monoisotopic (exact) mass is 194 g/mol. The fraction of sp³-hybridized carbons (Fsp3) is 0.111. The normalized spacial score (nSPS) is 9.31. The molecule has 0 spiro atoms. The summed E-state index contributed by atoms with van der Waals surface area (Å²) in [6, 6.07) is 5.45. The number of carbonyl (C=O) groups excluding carboxylic acids is 1. The Labute approximate surface area is 82.4 Å². The zero-order chi connectivity index (χ0) is 9.68. The molecular weight excluding hydrogens is 184 g/mol. The van der Waals surface area contributed by atoms with Gasteiger partial charge in [-0.15, -0.1) is 0 Å². The van der Waals surface area contributed by atoms with Gasteiger partial charge in [-0.3, -0.25) is 9.78 Å². The van der Waals surface area contributed by atoms with Crippen LogP contribution in [-0.2, 0) is 11.2 Å². The van der Waals surface area contributed by atoms with Gasteiger partial charge >= 0.3 is 0 Å². The van der Waals surface area contributed by atoms with E-state index < -0.39 is 0 Å². The van der Waals surface area contributed by atoms with Crippen molar-refractivity contribution in [2.75, 3.05) is 0 Å². The van der Waals surface area contributed by atoms with Crippen molar-refractivity contribution in [3.63, 3.8) is 0 Å². The minimum atomic E-state index is -0.169. The van der Waals surface area contributed by atoms with Gasteiger partial charge in [-0.2, -0.15) is 0 Å². The second kappa shape index (κ2) is 4.67. The number of hydrogen-bond donors (Lipinski definition) is 2. The molecule has 0 atom stereocenters. The maximum atomic E-state index is 10.9. The second-order valence-electron chi connectivity index (χ2n) is 2.47. The zero-order valence-corrected chi connectivity index (χ0v) is 7.92. The van der Waals surface area contributed by atoms with Crippen molar-refractivity contribution in [3.05, 3.63) is 36.2 Å². The first-order chi connectivity index (χ1) is 6.26. The van der Waals surface area contributed by atoms with E-state index in [-0.39, 0.29) is 12.3 Å². The Bertz CT molecular complexity index is 325. The van der Waals surface area contributed by atoms with Crippen LogP contribution >= 0.6 is 12.8 Å². The minimum absolute atomic E-state index is 0.169. The largest absolute Gasteiger partial charge is 0.302 e. The summed E-state index contributed by atoms with van der Waals surface area (Å²) in [6.07, 6.45) is 1.88. The minimum Gasteiger partial charge on any atom is -0.302 e. The lowest BCUT2D eigenvalue weighted by Crippen LogP contribution is -2.15. The van der Waals surface area contributed by atoms with Crippen molar-refractivity contribution in [2.24, 2.45) is 0 Å². The van der Waals surface area contributed by atoms with Crippen LogP contribution in [0, 0.1) is 0 Å². The van der Waals surface area contributed by atoms with Crippen LogP contribution in [0.1, 0.15) is 11.4 Å². The third kappa shape index (κ3) is 2.91. The number of pyridine rings is 1. The molecule has 0 aliphatic rings. The maximum absolute atomic E-state index is 10.9. The van der Waals surface area contributed by atoms with E-state index in [0.717, 1.165) is 5.69 Å². The highest BCUT2D eigenvalue weighted by Crippen LogP contribution is 2.01. The molecule has 0 aliphatic heterocycles. The van der Waals surface area contributed by atoms with Crippen molar-refractivity contribution in [1.29, 1.82) is 0 Å². The SMILES string of the molecule is C=Cc1cccc(CC(=O)NS)n1. The molecule has 68 valence electrons. The molecule has 0 unspecified atom stereocenters. The highest BCUT2D eigenvalue weighted by Gasteiger charge is 2.01. The van der Waals surface area contributed by atoms with Crippen molar-refractivity contribution in [3.8, 4) is 0 Å². The molecule has 3 nitrogen and oxygen atoms in total. The predicted molar refractivity (Wildman–Crippen MR) is 55.2 cm³/mol. The van der Waals surface area contributed by atoms with Gasteiger partial charge in [0.15, 0.2) is 0 Å². The molecule has 0 bridgehead atoms. The van der Waals surface area contributed by atoms with E-state index in [1.165, 1.54) is 0 Å². The topological polar surface area (TPSA) is 42.0 Å². The zero-order valence-electron chi connectivity index (χ0n) is 7.03. The van der Waals surface area contributed by atoms with Crippen LogP contribution in [0.15, 0.2) is 24.8 Å². The van der Waals surface area contributed by atoms with Gasteiger partial charge in [-0.25, -0.2) is 0 Å². The molecule has 4 heteroatoms. The number of nitrogens with zero attached hydrogens (tertiary/aromatic N) is 1. The Hall–Kier alpha value is -1.29. The highest BCUT2D eigenvalue weighted by atomic mass is 32.1. The summed E-state index contributed by atoms with van der Waals surface area (Å²) in [5.74, 6) is -0.169. The number of carbonyl (C=O) groups is 1. The van der Waals surface area contributed by atoms with E-state index in [1.54, 1.807) is 12.1 Å². The number of aromatic nitrogens is 1. The molecule has 0 aliphatic carbocycles. The van der Waals surface area contributed by atoms with Crippen molar-refractivity contribution >= 4 is 24.8 Å². The highest BCUT2D eigenvalue weighted by molar-refractivity contribution is 7.78. The van der Waals surface area contributed by atoms with E-state index in [9.17, 15) is 4.79 Å². The number of thiol groups is 1. The number of amides is 1. The van der Waals surface area contributed by atoms with E-state index in [2.05, 4.69) is 29.1 Å². The van der Waals surface area contributed by atoms with Crippen LogP contribution < -0.4 is 4.72 Å². The fourth-order valence-corrected chi connectivity index (χ4v) is 0.993. The van der Waals surface area contributed by atoms with Crippen LogP contribution in [0.4, 0.5) is 0 Å². The van der Waals surface area contributed by atoms with Gasteiger partial charge in [-0.05, 0) is 18.2 Å². The van der Waals surface area contributed by atoms with Gasteiger partial charge in [-0.1, -0.05) is 25.5 Å². The summed E-state index contributed by atoms with van der Waals surface area (Å²) in [6.45, 7) is 3.59. The summed E-state index contributed by atoms with van der Waals surface area (Å²) in [7, 11) is 0. The first-order valence-electron chi connectivity index (χ1n) is 3.77. The Kier molecular flexibility index (Phi) is 3.52. The molecule has 0 saturated carbocycles.